The van der Waals surface area contributed by atoms with Crippen molar-refractivity contribution in [3.63, 3.8) is 0 Å². The van der Waals surface area contributed by atoms with Gasteiger partial charge in [0.05, 0.1) is 11.0 Å². The number of hydrogen-bond donors (Lipinski definition) is 1. The Morgan fingerprint density at radius 1 is 1.00 bits per heavy atom. The van der Waals surface area contributed by atoms with Crippen LogP contribution < -0.4 is 10.1 Å². The Labute approximate surface area is 197 Å². The molecule has 1 N–H and O–H groups in total. The number of hydrogen-bond acceptors (Lipinski definition) is 3. The van der Waals surface area contributed by atoms with Gasteiger partial charge in [-0.3, -0.25) is 9.48 Å². The van der Waals surface area contributed by atoms with Crippen LogP contribution in [0.25, 0.3) is 0 Å². The highest BCUT2D eigenvalue weighted by molar-refractivity contribution is 9.10. The molecule has 0 aliphatic rings. The summed E-state index contributed by atoms with van der Waals surface area (Å²) in [5.74, 6) is 0.433. The number of halogens is 3. The quantitative estimate of drug-likeness (QED) is 0.314. The van der Waals surface area contributed by atoms with Gasteiger partial charge in [-0.25, -0.2) is 4.39 Å². The van der Waals surface area contributed by atoms with Gasteiger partial charge in [0.1, 0.15) is 18.2 Å². The minimum atomic E-state index is -0.311. The van der Waals surface area contributed by atoms with Gasteiger partial charge in [0.15, 0.2) is 5.82 Å². The van der Waals surface area contributed by atoms with Crippen molar-refractivity contribution in [2.75, 3.05) is 5.32 Å². The Kier molecular flexibility index (Phi) is 6.87. The van der Waals surface area contributed by atoms with Gasteiger partial charge in [0.2, 0.25) is 0 Å². The van der Waals surface area contributed by atoms with Gasteiger partial charge in [-0.15, -0.1) is 0 Å². The number of carbonyl (C=O) groups excluding carboxylic acids is 1. The van der Waals surface area contributed by atoms with Crippen LogP contribution in [-0.4, -0.2) is 15.7 Å². The Bertz CT molecular complexity index is 1210. The minimum Gasteiger partial charge on any atom is -0.489 e. The molecule has 0 atom stereocenters. The van der Waals surface area contributed by atoms with E-state index < -0.39 is 0 Å². The number of benzene rings is 3. The van der Waals surface area contributed by atoms with Gasteiger partial charge in [-0.2, -0.15) is 5.10 Å². The highest BCUT2D eigenvalue weighted by Crippen LogP contribution is 2.22. The second-order valence-corrected chi connectivity index (χ2v) is 8.33. The summed E-state index contributed by atoms with van der Waals surface area (Å²) in [5, 5.41) is 7.93. The molecule has 32 heavy (non-hydrogen) atoms. The predicted molar refractivity (Wildman–Crippen MR) is 126 cm³/mol. The topological polar surface area (TPSA) is 56.2 Å². The molecule has 162 valence electrons. The lowest BCUT2D eigenvalue weighted by Crippen LogP contribution is -2.13. The molecule has 5 nitrogen and oxygen atoms in total. The molecule has 1 aromatic heterocycles. The van der Waals surface area contributed by atoms with Crippen LogP contribution in [0.2, 0.25) is 5.02 Å². The van der Waals surface area contributed by atoms with E-state index in [0.717, 1.165) is 11.1 Å². The van der Waals surface area contributed by atoms with E-state index >= 15 is 0 Å². The van der Waals surface area contributed by atoms with Crippen molar-refractivity contribution in [3.05, 3.63) is 111 Å². The SMILES string of the molecule is O=C(Nc1nn(Cc2ccc(Cl)cc2)cc1Br)c1ccc(COc2ccc(F)cc2)cc1. The van der Waals surface area contributed by atoms with Gasteiger partial charge < -0.3 is 10.1 Å². The van der Waals surface area contributed by atoms with E-state index in [-0.39, 0.29) is 11.7 Å². The molecule has 4 rings (SSSR count). The molecule has 0 bridgehead atoms. The van der Waals surface area contributed by atoms with Crippen molar-refractivity contribution in [3.8, 4) is 5.75 Å². The summed E-state index contributed by atoms with van der Waals surface area (Å²) in [7, 11) is 0. The third-order valence-corrected chi connectivity index (χ3v) is 5.47. The van der Waals surface area contributed by atoms with Crippen LogP contribution >= 0.6 is 27.5 Å². The molecule has 0 fully saturated rings. The number of nitrogens with one attached hydrogen (secondary N) is 1. The van der Waals surface area contributed by atoms with Gasteiger partial charge in [0.25, 0.3) is 5.91 Å². The molecular formula is C24H18BrClFN3O2. The zero-order valence-corrected chi connectivity index (χ0v) is 19.1. The first-order valence-corrected chi connectivity index (χ1v) is 10.9. The molecule has 1 amide bonds. The van der Waals surface area contributed by atoms with Crippen LogP contribution in [0.3, 0.4) is 0 Å². The Morgan fingerprint density at radius 3 is 2.34 bits per heavy atom. The summed E-state index contributed by atoms with van der Waals surface area (Å²) in [6.07, 6.45) is 1.81. The van der Waals surface area contributed by atoms with Crippen molar-refractivity contribution in [1.82, 2.24) is 9.78 Å². The maximum atomic E-state index is 13.0. The van der Waals surface area contributed by atoms with Crippen LogP contribution in [0.1, 0.15) is 21.5 Å². The Balaban J connectivity index is 1.35. The fraction of sp³-hybridized carbons (Fsp3) is 0.0833. The molecule has 0 aliphatic carbocycles. The molecule has 0 radical (unpaired) electrons. The standard InChI is InChI=1S/C24H18BrClFN3O2/c25-22-14-30(13-16-3-7-19(26)8-4-16)29-23(22)28-24(31)18-5-1-17(2-6-18)15-32-21-11-9-20(27)10-12-21/h1-12,14H,13,15H2,(H,28,29,31). The fourth-order valence-corrected chi connectivity index (χ4v) is 3.51. The first kappa shape index (κ1) is 22.0. The van der Waals surface area contributed by atoms with E-state index in [0.29, 0.717) is 39.8 Å². The normalized spacial score (nSPS) is 10.7. The number of ether oxygens (including phenoxy) is 1. The molecule has 0 spiro atoms. The average molecular weight is 515 g/mol. The number of amides is 1. The largest absolute Gasteiger partial charge is 0.489 e. The van der Waals surface area contributed by atoms with E-state index in [4.69, 9.17) is 16.3 Å². The number of nitrogens with zero attached hydrogens (tertiary/aromatic N) is 2. The lowest BCUT2D eigenvalue weighted by Gasteiger charge is -2.07. The Morgan fingerprint density at radius 2 is 1.66 bits per heavy atom. The summed E-state index contributed by atoms with van der Waals surface area (Å²) in [6, 6.07) is 20.4. The molecule has 1 heterocycles. The minimum absolute atomic E-state index is 0.270. The second kappa shape index (κ2) is 9.97. The highest BCUT2D eigenvalue weighted by Gasteiger charge is 2.12. The van der Waals surface area contributed by atoms with Crippen molar-refractivity contribution in [1.29, 1.82) is 0 Å². The van der Waals surface area contributed by atoms with Crippen molar-refractivity contribution in [2.45, 2.75) is 13.2 Å². The zero-order chi connectivity index (χ0) is 22.5. The van der Waals surface area contributed by atoms with Crippen LogP contribution in [0.15, 0.2) is 83.5 Å². The lowest BCUT2D eigenvalue weighted by molar-refractivity contribution is 0.102. The molecule has 0 aliphatic heterocycles. The van der Waals surface area contributed by atoms with Crippen LogP contribution in [-0.2, 0) is 13.2 Å². The number of anilines is 1. The summed E-state index contributed by atoms with van der Waals surface area (Å²) < 4.78 is 21.0. The molecule has 0 unspecified atom stereocenters. The molecular weight excluding hydrogens is 497 g/mol. The zero-order valence-electron chi connectivity index (χ0n) is 16.8. The van der Waals surface area contributed by atoms with Crippen molar-refractivity contribution < 1.29 is 13.9 Å². The van der Waals surface area contributed by atoms with Crippen LogP contribution in [0.4, 0.5) is 10.2 Å². The summed E-state index contributed by atoms with van der Waals surface area (Å²) in [6.45, 7) is 0.864. The molecule has 0 saturated carbocycles. The molecule has 0 saturated heterocycles. The summed E-state index contributed by atoms with van der Waals surface area (Å²) in [5.41, 5.74) is 2.43. The Hall–Kier alpha value is -3.16. The van der Waals surface area contributed by atoms with E-state index in [2.05, 4.69) is 26.3 Å². The smallest absolute Gasteiger partial charge is 0.256 e. The molecule has 8 heteroatoms. The number of carbonyl (C=O) groups is 1. The van der Waals surface area contributed by atoms with Gasteiger partial charge >= 0.3 is 0 Å². The summed E-state index contributed by atoms with van der Waals surface area (Å²) >= 11 is 9.37. The van der Waals surface area contributed by atoms with E-state index in [1.54, 1.807) is 35.1 Å². The second-order valence-electron chi connectivity index (χ2n) is 7.04. The highest BCUT2D eigenvalue weighted by atomic mass is 79.9. The first-order valence-electron chi connectivity index (χ1n) is 9.72. The lowest BCUT2D eigenvalue weighted by atomic mass is 10.1. The predicted octanol–water partition coefficient (Wildman–Crippen LogP) is 6.32. The van der Waals surface area contributed by atoms with Gasteiger partial charge in [-0.05, 0) is 75.6 Å². The van der Waals surface area contributed by atoms with Crippen LogP contribution in [0.5, 0.6) is 5.75 Å². The fourth-order valence-electron chi connectivity index (χ4n) is 2.97. The first-order chi connectivity index (χ1) is 15.5. The molecule has 4 aromatic rings. The monoisotopic (exact) mass is 513 g/mol. The van der Waals surface area contributed by atoms with E-state index in [9.17, 15) is 9.18 Å². The number of rotatable bonds is 7. The average Bonchev–Trinajstić information content (AvgIpc) is 3.13. The van der Waals surface area contributed by atoms with Crippen molar-refractivity contribution in [2.24, 2.45) is 0 Å². The van der Waals surface area contributed by atoms with Crippen LogP contribution in [0, 0.1) is 5.82 Å². The third kappa shape index (κ3) is 5.75. The number of aromatic nitrogens is 2. The van der Waals surface area contributed by atoms with Gasteiger partial charge in [0, 0.05) is 16.8 Å². The van der Waals surface area contributed by atoms with E-state index in [1.165, 1.54) is 12.1 Å². The van der Waals surface area contributed by atoms with Gasteiger partial charge in [-0.1, -0.05) is 35.9 Å². The molecule has 3 aromatic carbocycles. The van der Waals surface area contributed by atoms with E-state index in [1.807, 2.05) is 36.4 Å². The van der Waals surface area contributed by atoms with Crippen molar-refractivity contribution >= 4 is 39.3 Å². The third-order valence-electron chi connectivity index (χ3n) is 4.64. The summed E-state index contributed by atoms with van der Waals surface area (Å²) in [4.78, 5) is 12.6. The maximum absolute atomic E-state index is 13.0. The maximum Gasteiger partial charge on any atom is 0.256 e.